The minimum absolute atomic E-state index is 0.0397. The van der Waals surface area contributed by atoms with E-state index in [1.54, 1.807) is 18.2 Å². The zero-order chi connectivity index (χ0) is 21.6. The van der Waals surface area contributed by atoms with E-state index in [9.17, 15) is 9.90 Å². The highest BCUT2D eigenvalue weighted by Gasteiger charge is 2.24. The second-order valence-corrected chi connectivity index (χ2v) is 5.69. The van der Waals surface area contributed by atoms with Gasteiger partial charge in [-0.2, -0.15) is 0 Å². The molecule has 1 N–H and O–H groups in total. The maximum Gasteiger partial charge on any atom is 0.204 e. The maximum absolute atomic E-state index is 12.8. The molecule has 8 heteroatoms. The monoisotopic (exact) mass is 404 g/mol. The van der Waals surface area contributed by atoms with Crippen LogP contribution in [0.5, 0.6) is 40.2 Å². The molecule has 2 rings (SSSR count). The number of hydrogen-bond acceptors (Lipinski definition) is 8. The number of carbonyl (C=O) groups is 1. The van der Waals surface area contributed by atoms with Gasteiger partial charge >= 0.3 is 0 Å². The van der Waals surface area contributed by atoms with E-state index in [1.807, 2.05) is 0 Å². The van der Waals surface area contributed by atoms with Gasteiger partial charge in [-0.1, -0.05) is 6.08 Å². The van der Waals surface area contributed by atoms with Crippen molar-refractivity contribution in [3.63, 3.8) is 0 Å². The minimum atomic E-state index is -0.492. The summed E-state index contributed by atoms with van der Waals surface area (Å²) < 4.78 is 31.5. The number of ether oxygens (including phenoxy) is 6. The van der Waals surface area contributed by atoms with Crippen LogP contribution in [0.2, 0.25) is 0 Å². The molecule has 0 fully saturated rings. The van der Waals surface area contributed by atoms with Crippen molar-refractivity contribution < 1.29 is 38.3 Å². The zero-order valence-corrected chi connectivity index (χ0v) is 17.2. The lowest BCUT2D eigenvalue weighted by Crippen LogP contribution is -2.03. The van der Waals surface area contributed by atoms with Crippen molar-refractivity contribution in [3.05, 3.63) is 35.4 Å². The van der Waals surface area contributed by atoms with Crippen LogP contribution in [-0.2, 0) is 0 Å². The van der Waals surface area contributed by atoms with Crippen molar-refractivity contribution in [2.24, 2.45) is 0 Å². The molecule has 2 aromatic rings. The summed E-state index contributed by atoms with van der Waals surface area (Å²) in [5.41, 5.74) is 0.584. The normalized spacial score (nSPS) is 10.6. The number of phenols is 1. The maximum atomic E-state index is 12.8. The molecule has 0 aliphatic rings. The Labute approximate surface area is 169 Å². The second kappa shape index (κ2) is 9.59. The Balaban J connectivity index is 2.49. The molecule has 0 bridgehead atoms. The van der Waals surface area contributed by atoms with Crippen molar-refractivity contribution in [1.82, 2.24) is 0 Å². The SMILES string of the molecule is COc1cc(C=CC(=O)c2c(OC)cc(OC)c(OC)c2O)cc(OC)c1OC. The van der Waals surface area contributed by atoms with E-state index in [2.05, 4.69) is 0 Å². The Bertz CT molecular complexity index is 892. The van der Waals surface area contributed by atoms with E-state index >= 15 is 0 Å². The summed E-state index contributed by atoms with van der Waals surface area (Å²) in [7, 11) is 8.68. The van der Waals surface area contributed by atoms with Crippen LogP contribution < -0.4 is 28.4 Å². The summed E-state index contributed by atoms with van der Waals surface area (Å²) in [4.78, 5) is 12.8. The van der Waals surface area contributed by atoms with E-state index in [4.69, 9.17) is 28.4 Å². The molecule has 0 heterocycles. The molecule has 8 nitrogen and oxygen atoms in total. The molecule has 0 atom stereocenters. The number of carbonyl (C=O) groups excluding carboxylic acids is 1. The van der Waals surface area contributed by atoms with Crippen LogP contribution in [0, 0.1) is 0 Å². The van der Waals surface area contributed by atoms with Gasteiger partial charge in [0.1, 0.15) is 11.3 Å². The van der Waals surface area contributed by atoms with Crippen molar-refractivity contribution in [1.29, 1.82) is 0 Å². The summed E-state index contributed by atoms with van der Waals surface area (Å²) in [6, 6.07) is 4.85. The van der Waals surface area contributed by atoms with Gasteiger partial charge < -0.3 is 33.5 Å². The van der Waals surface area contributed by atoms with Gasteiger partial charge in [0.15, 0.2) is 28.8 Å². The third kappa shape index (κ3) is 4.31. The van der Waals surface area contributed by atoms with Gasteiger partial charge in [0.2, 0.25) is 11.5 Å². The van der Waals surface area contributed by atoms with Gasteiger partial charge in [0, 0.05) is 6.07 Å². The lowest BCUT2D eigenvalue weighted by Gasteiger charge is -2.15. The fraction of sp³-hybridized carbons (Fsp3) is 0.286. The molecule has 0 saturated heterocycles. The summed E-state index contributed by atoms with van der Waals surface area (Å²) >= 11 is 0. The third-order valence-corrected chi connectivity index (χ3v) is 4.19. The molecule has 0 spiro atoms. The standard InChI is InChI=1S/C21H24O8/c1-24-14-11-17(27-4)21(29-6)19(23)18(14)13(22)8-7-12-9-15(25-2)20(28-5)16(10-12)26-3/h7-11,23H,1-6H3. The highest BCUT2D eigenvalue weighted by molar-refractivity contribution is 6.11. The summed E-state index contributed by atoms with van der Waals surface area (Å²) in [5.74, 6) is 0.912. The largest absolute Gasteiger partial charge is 0.504 e. The summed E-state index contributed by atoms with van der Waals surface area (Å²) in [6.45, 7) is 0. The quantitative estimate of drug-likeness (QED) is 0.503. The smallest absolute Gasteiger partial charge is 0.204 e. The first kappa shape index (κ1) is 21.7. The Morgan fingerprint density at radius 2 is 1.21 bits per heavy atom. The van der Waals surface area contributed by atoms with Crippen molar-refractivity contribution in [2.45, 2.75) is 0 Å². The van der Waals surface area contributed by atoms with Crippen molar-refractivity contribution in [3.8, 4) is 40.2 Å². The van der Waals surface area contributed by atoms with Gasteiger partial charge in [-0.3, -0.25) is 4.79 Å². The molecule has 156 valence electrons. The second-order valence-electron chi connectivity index (χ2n) is 5.69. The van der Waals surface area contributed by atoms with Crippen LogP contribution in [0.15, 0.2) is 24.3 Å². The van der Waals surface area contributed by atoms with Crippen LogP contribution in [0.3, 0.4) is 0 Å². The fourth-order valence-electron chi connectivity index (χ4n) is 2.80. The van der Waals surface area contributed by atoms with Gasteiger partial charge in [-0.05, 0) is 23.8 Å². The van der Waals surface area contributed by atoms with E-state index in [0.29, 0.717) is 22.8 Å². The number of rotatable bonds is 9. The van der Waals surface area contributed by atoms with E-state index in [0.717, 1.165) is 0 Å². The lowest BCUT2D eigenvalue weighted by molar-refractivity contribution is 0.104. The van der Waals surface area contributed by atoms with E-state index in [-0.39, 0.29) is 28.6 Å². The van der Waals surface area contributed by atoms with Gasteiger partial charge in [0.05, 0.1) is 42.7 Å². The van der Waals surface area contributed by atoms with Gasteiger partial charge in [-0.25, -0.2) is 0 Å². The molecule has 0 saturated carbocycles. The topological polar surface area (TPSA) is 92.7 Å². The third-order valence-electron chi connectivity index (χ3n) is 4.19. The van der Waals surface area contributed by atoms with Gasteiger partial charge in [0.25, 0.3) is 0 Å². The predicted octanol–water partition coefficient (Wildman–Crippen LogP) is 3.34. The molecular formula is C21H24O8. The zero-order valence-electron chi connectivity index (χ0n) is 17.2. The Morgan fingerprint density at radius 1 is 0.724 bits per heavy atom. The van der Waals surface area contributed by atoms with Crippen LogP contribution in [0.4, 0.5) is 0 Å². The number of methoxy groups -OCH3 is 6. The van der Waals surface area contributed by atoms with Crippen LogP contribution in [0.25, 0.3) is 6.08 Å². The molecule has 0 radical (unpaired) electrons. The predicted molar refractivity (Wildman–Crippen MR) is 107 cm³/mol. The number of phenolic OH excluding ortho intramolecular Hbond substituents is 1. The lowest BCUT2D eigenvalue weighted by atomic mass is 10.0. The van der Waals surface area contributed by atoms with E-state index in [1.165, 1.54) is 54.8 Å². The molecule has 29 heavy (non-hydrogen) atoms. The first-order chi connectivity index (χ1) is 13.9. The molecule has 0 aromatic heterocycles. The van der Waals surface area contributed by atoms with Crippen LogP contribution >= 0.6 is 0 Å². The summed E-state index contributed by atoms with van der Waals surface area (Å²) in [6.07, 6.45) is 2.85. The van der Waals surface area contributed by atoms with Crippen LogP contribution in [-0.4, -0.2) is 53.5 Å². The number of ketones is 1. The first-order valence-corrected chi connectivity index (χ1v) is 8.49. The Morgan fingerprint density at radius 3 is 1.66 bits per heavy atom. The Kier molecular flexibility index (Phi) is 7.19. The molecular weight excluding hydrogens is 380 g/mol. The molecule has 0 aliphatic carbocycles. The highest BCUT2D eigenvalue weighted by atomic mass is 16.5. The van der Waals surface area contributed by atoms with Crippen molar-refractivity contribution in [2.75, 3.05) is 42.7 Å². The molecule has 0 amide bonds. The fourth-order valence-corrected chi connectivity index (χ4v) is 2.80. The average Bonchev–Trinajstić information content (AvgIpc) is 2.75. The summed E-state index contributed by atoms with van der Waals surface area (Å²) in [5, 5.41) is 10.5. The number of aromatic hydroxyl groups is 1. The molecule has 0 unspecified atom stereocenters. The molecule has 0 aliphatic heterocycles. The average molecular weight is 404 g/mol. The Hall–Kier alpha value is -3.55. The highest BCUT2D eigenvalue weighted by Crippen LogP contribution is 2.45. The van der Waals surface area contributed by atoms with Gasteiger partial charge in [-0.15, -0.1) is 0 Å². The first-order valence-electron chi connectivity index (χ1n) is 8.49. The minimum Gasteiger partial charge on any atom is -0.504 e. The number of benzene rings is 2. The number of hydrogen-bond donors (Lipinski definition) is 1. The molecule has 2 aromatic carbocycles. The van der Waals surface area contributed by atoms with Crippen LogP contribution in [0.1, 0.15) is 15.9 Å². The van der Waals surface area contributed by atoms with E-state index < -0.39 is 5.78 Å². The van der Waals surface area contributed by atoms with Crippen molar-refractivity contribution >= 4 is 11.9 Å². The number of allylic oxidation sites excluding steroid dienone is 1.